The van der Waals surface area contributed by atoms with E-state index in [2.05, 4.69) is 49.9 Å². The number of hydrogen-bond acceptors (Lipinski definition) is 3. The number of likely N-dealkylation sites (tertiary alicyclic amines) is 1. The van der Waals surface area contributed by atoms with Crippen molar-refractivity contribution in [1.82, 2.24) is 4.90 Å². The van der Waals surface area contributed by atoms with Crippen molar-refractivity contribution in [2.75, 3.05) is 19.7 Å². The largest absolute Gasteiger partial charge is 0.389 e. The second kappa shape index (κ2) is 6.92. The van der Waals surface area contributed by atoms with Crippen LogP contribution < -0.4 is 0 Å². The number of β-amino-alcohol motifs (C(OH)–C–C–N with tert-alkyl or cyclic N) is 1. The van der Waals surface area contributed by atoms with E-state index < -0.39 is 6.10 Å². The van der Waals surface area contributed by atoms with Crippen molar-refractivity contribution in [2.45, 2.75) is 77.5 Å². The zero-order chi connectivity index (χ0) is 18.4. The molecule has 4 rings (SSSR count). The second-order valence-corrected chi connectivity index (χ2v) is 10.2. The van der Waals surface area contributed by atoms with Crippen LogP contribution in [-0.2, 0) is 11.2 Å². The molecule has 2 fully saturated rings. The summed E-state index contributed by atoms with van der Waals surface area (Å²) >= 11 is 0. The van der Waals surface area contributed by atoms with E-state index in [1.807, 2.05) is 0 Å². The van der Waals surface area contributed by atoms with Crippen LogP contribution in [0.25, 0.3) is 0 Å². The van der Waals surface area contributed by atoms with E-state index in [1.54, 1.807) is 0 Å². The maximum atomic E-state index is 10.7. The number of nitrogens with zero attached hydrogens (tertiary/aromatic N) is 1. The number of fused-ring (bicyclic) bond motifs is 3. The first-order valence-corrected chi connectivity index (χ1v) is 10.5. The van der Waals surface area contributed by atoms with Crippen molar-refractivity contribution >= 4 is 0 Å². The van der Waals surface area contributed by atoms with Gasteiger partial charge in [0.1, 0.15) is 0 Å². The van der Waals surface area contributed by atoms with Crippen LogP contribution >= 0.6 is 0 Å². The molecule has 0 spiro atoms. The Kier molecular flexibility index (Phi) is 4.92. The highest BCUT2D eigenvalue weighted by molar-refractivity contribution is 5.31. The smallest absolute Gasteiger partial charge is 0.0900 e. The summed E-state index contributed by atoms with van der Waals surface area (Å²) in [7, 11) is 0. The minimum atomic E-state index is -0.393. The van der Waals surface area contributed by atoms with Crippen molar-refractivity contribution in [2.24, 2.45) is 10.8 Å². The van der Waals surface area contributed by atoms with E-state index in [1.165, 1.54) is 36.8 Å². The Morgan fingerprint density at radius 1 is 1.23 bits per heavy atom. The van der Waals surface area contributed by atoms with Crippen LogP contribution in [0.4, 0.5) is 0 Å². The third kappa shape index (κ3) is 3.85. The predicted octanol–water partition coefficient (Wildman–Crippen LogP) is 4.34. The van der Waals surface area contributed by atoms with Gasteiger partial charge < -0.3 is 9.84 Å². The number of ether oxygens (including phenoxy) is 1. The zero-order valence-electron chi connectivity index (χ0n) is 16.7. The topological polar surface area (TPSA) is 32.7 Å². The van der Waals surface area contributed by atoms with Gasteiger partial charge in [-0.15, -0.1) is 0 Å². The number of benzene rings is 1. The summed E-state index contributed by atoms with van der Waals surface area (Å²) in [6, 6.07) is 9.26. The third-order valence-corrected chi connectivity index (χ3v) is 6.77. The molecule has 1 saturated carbocycles. The van der Waals surface area contributed by atoms with Gasteiger partial charge in [0.05, 0.1) is 18.8 Å². The minimum Gasteiger partial charge on any atom is -0.389 e. The fraction of sp³-hybridized carbons (Fsp3) is 0.739. The van der Waals surface area contributed by atoms with Gasteiger partial charge in [-0.2, -0.15) is 0 Å². The molecule has 3 aliphatic rings. The van der Waals surface area contributed by atoms with Crippen LogP contribution in [0.15, 0.2) is 24.3 Å². The summed E-state index contributed by atoms with van der Waals surface area (Å²) in [5.74, 6) is 0. The Balaban J connectivity index is 1.32. The zero-order valence-corrected chi connectivity index (χ0v) is 16.7. The lowest BCUT2D eigenvalue weighted by Crippen LogP contribution is -2.39. The Labute approximate surface area is 158 Å². The average molecular weight is 358 g/mol. The minimum absolute atomic E-state index is 0.156. The van der Waals surface area contributed by atoms with E-state index in [-0.39, 0.29) is 6.10 Å². The van der Waals surface area contributed by atoms with Gasteiger partial charge in [-0.3, -0.25) is 4.90 Å². The van der Waals surface area contributed by atoms with Crippen molar-refractivity contribution < 1.29 is 9.84 Å². The first-order valence-electron chi connectivity index (χ1n) is 10.5. The van der Waals surface area contributed by atoms with Gasteiger partial charge in [0.2, 0.25) is 0 Å². The number of aliphatic hydroxyl groups is 1. The number of rotatable bonds is 5. The highest BCUT2D eigenvalue weighted by atomic mass is 16.5. The molecular formula is C23H35NO2. The molecule has 4 atom stereocenters. The van der Waals surface area contributed by atoms with Crippen LogP contribution in [0.1, 0.15) is 70.1 Å². The molecule has 1 aromatic rings. The fourth-order valence-electron chi connectivity index (χ4n) is 6.22. The summed E-state index contributed by atoms with van der Waals surface area (Å²) in [5.41, 5.74) is 3.61. The standard InChI is InChI=1S/C23H35NO2/c1-22(2)11-18-12-23(3,15-22)16-24(18)13-19(25)14-26-21-10-6-8-17-7-4-5-9-20(17)21/h4-5,7,9,18-19,21,25H,6,8,10-16H2,1-3H3/t18-,19-,21-,23-/m0/s1. The molecule has 2 aliphatic carbocycles. The molecule has 3 heteroatoms. The Morgan fingerprint density at radius 3 is 2.88 bits per heavy atom. The monoisotopic (exact) mass is 357 g/mol. The molecule has 0 aromatic heterocycles. The lowest BCUT2D eigenvalue weighted by Gasteiger charge is -2.40. The summed E-state index contributed by atoms with van der Waals surface area (Å²) in [5, 5.41) is 10.7. The quantitative estimate of drug-likeness (QED) is 0.851. The molecule has 1 heterocycles. The predicted molar refractivity (Wildman–Crippen MR) is 105 cm³/mol. The van der Waals surface area contributed by atoms with Crippen LogP contribution in [-0.4, -0.2) is 41.8 Å². The normalized spacial score (nSPS) is 34.5. The summed E-state index contributed by atoms with van der Waals surface area (Å²) < 4.78 is 6.18. The van der Waals surface area contributed by atoms with Gasteiger partial charge in [-0.25, -0.2) is 0 Å². The Bertz CT molecular complexity index is 643. The van der Waals surface area contributed by atoms with Crippen molar-refractivity contribution in [3.8, 4) is 0 Å². The van der Waals surface area contributed by atoms with Gasteiger partial charge in [-0.05, 0) is 60.5 Å². The van der Waals surface area contributed by atoms with Crippen molar-refractivity contribution in [3.05, 3.63) is 35.4 Å². The molecule has 2 bridgehead atoms. The van der Waals surface area contributed by atoms with E-state index >= 15 is 0 Å². The van der Waals surface area contributed by atoms with Gasteiger partial charge in [0.25, 0.3) is 0 Å². The maximum Gasteiger partial charge on any atom is 0.0900 e. The van der Waals surface area contributed by atoms with Crippen LogP contribution in [0.3, 0.4) is 0 Å². The summed E-state index contributed by atoms with van der Waals surface area (Å²) in [6.07, 6.45) is 7.02. The average Bonchev–Trinajstić information content (AvgIpc) is 2.81. The number of hydrogen-bond donors (Lipinski definition) is 1. The molecule has 0 amide bonds. The molecule has 0 radical (unpaired) electrons. The molecule has 1 N–H and O–H groups in total. The van der Waals surface area contributed by atoms with Crippen LogP contribution in [0.2, 0.25) is 0 Å². The molecule has 0 unspecified atom stereocenters. The highest BCUT2D eigenvalue weighted by Gasteiger charge is 2.49. The molecule has 1 aliphatic heterocycles. The number of aliphatic hydroxyl groups excluding tert-OH is 1. The molecule has 26 heavy (non-hydrogen) atoms. The van der Waals surface area contributed by atoms with E-state index in [0.717, 1.165) is 25.9 Å². The molecule has 144 valence electrons. The van der Waals surface area contributed by atoms with Gasteiger partial charge in [0, 0.05) is 19.1 Å². The molecule has 1 saturated heterocycles. The Hall–Kier alpha value is -0.900. The van der Waals surface area contributed by atoms with E-state index in [9.17, 15) is 5.11 Å². The number of aryl methyl sites for hydroxylation is 1. The summed E-state index contributed by atoms with van der Waals surface area (Å²) in [4.78, 5) is 2.54. The van der Waals surface area contributed by atoms with E-state index in [0.29, 0.717) is 23.5 Å². The van der Waals surface area contributed by atoms with Crippen molar-refractivity contribution in [3.63, 3.8) is 0 Å². The van der Waals surface area contributed by atoms with Gasteiger partial charge in [0.15, 0.2) is 0 Å². The molecule has 3 nitrogen and oxygen atoms in total. The first-order chi connectivity index (χ1) is 12.3. The second-order valence-electron chi connectivity index (χ2n) is 10.2. The first kappa shape index (κ1) is 18.5. The maximum absolute atomic E-state index is 10.7. The highest BCUT2D eigenvalue weighted by Crippen LogP contribution is 2.52. The van der Waals surface area contributed by atoms with Crippen LogP contribution in [0.5, 0.6) is 0 Å². The summed E-state index contributed by atoms with van der Waals surface area (Å²) in [6.45, 7) is 9.57. The van der Waals surface area contributed by atoms with Crippen molar-refractivity contribution in [1.29, 1.82) is 0 Å². The lowest BCUT2D eigenvalue weighted by molar-refractivity contribution is -0.0301. The SMILES string of the molecule is CC1(C)C[C@H]2C[C@](C)(CN2C[C@H](O)CO[C@H]2CCCc3ccccc32)C1. The Morgan fingerprint density at radius 2 is 2.04 bits per heavy atom. The third-order valence-electron chi connectivity index (χ3n) is 6.77. The lowest BCUT2D eigenvalue weighted by atomic mass is 9.65. The van der Waals surface area contributed by atoms with E-state index in [4.69, 9.17) is 4.74 Å². The molecule has 1 aromatic carbocycles. The van der Waals surface area contributed by atoms with Gasteiger partial charge in [-0.1, -0.05) is 45.0 Å². The van der Waals surface area contributed by atoms with Gasteiger partial charge >= 0.3 is 0 Å². The fourth-order valence-corrected chi connectivity index (χ4v) is 6.22. The molecular weight excluding hydrogens is 322 g/mol. The van der Waals surface area contributed by atoms with Crippen LogP contribution in [0, 0.1) is 10.8 Å².